The van der Waals surface area contributed by atoms with Crippen molar-refractivity contribution >= 4 is 28.5 Å². The molecule has 0 saturated carbocycles. The molecule has 4 rings (SSSR count). The van der Waals surface area contributed by atoms with Crippen molar-refractivity contribution in [2.75, 3.05) is 18.5 Å². The van der Waals surface area contributed by atoms with E-state index in [1.165, 1.54) is 0 Å². The van der Waals surface area contributed by atoms with E-state index in [0.717, 1.165) is 45.1 Å². The fourth-order valence-electron chi connectivity index (χ4n) is 3.14. The van der Waals surface area contributed by atoms with Crippen LogP contribution in [-0.2, 0) is 6.54 Å². The third kappa shape index (κ3) is 4.46. The maximum atomic E-state index is 5.46. The Labute approximate surface area is 175 Å². The summed E-state index contributed by atoms with van der Waals surface area (Å²) in [6, 6.07) is 26.7. The van der Waals surface area contributed by atoms with Crippen LogP contribution < -0.4 is 13.8 Å². The minimum atomic E-state index is 0.720. The molecule has 29 heavy (non-hydrogen) atoms. The molecule has 0 spiro atoms. The average molecular weight is 403 g/mol. The van der Waals surface area contributed by atoms with E-state index in [1.54, 1.807) is 26.2 Å². The van der Waals surface area contributed by atoms with Gasteiger partial charge in [0, 0.05) is 22.2 Å². The van der Waals surface area contributed by atoms with E-state index in [9.17, 15) is 0 Å². The fraction of sp³-hybridized carbons (Fsp3) is 0.125. The van der Waals surface area contributed by atoms with Crippen LogP contribution in [0.3, 0.4) is 0 Å². The molecular weight excluding hydrogens is 380 g/mol. The van der Waals surface area contributed by atoms with E-state index in [0.29, 0.717) is 0 Å². The summed E-state index contributed by atoms with van der Waals surface area (Å²) in [5.41, 5.74) is 3.29. The SMILES string of the molecule is COc1ccc(SN(Cc2cnc3ccccc3c2)c2ccccc2)cc1OC. The van der Waals surface area contributed by atoms with Gasteiger partial charge in [-0.15, -0.1) is 0 Å². The van der Waals surface area contributed by atoms with Crippen molar-refractivity contribution in [1.82, 2.24) is 4.98 Å². The van der Waals surface area contributed by atoms with Crippen molar-refractivity contribution in [2.24, 2.45) is 0 Å². The van der Waals surface area contributed by atoms with Gasteiger partial charge in [0.2, 0.25) is 0 Å². The quantitative estimate of drug-likeness (QED) is 0.356. The summed E-state index contributed by atoms with van der Waals surface area (Å²) >= 11 is 1.66. The number of pyridine rings is 1. The van der Waals surface area contributed by atoms with Crippen molar-refractivity contribution in [2.45, 2.75) is 11.4 Å². The van der Waals surface area contributed by atoms with Crippen molar-refractivity contribution in [3.8, 4) is 11.5 Å². The molecule has 146 valence electrons. The minimum Gasteiger partial charge on any atom is -0.493 e. The fourth-order valence-corrected chi connectivity index (χ4v) is 4.12. The number of ether oxygens (including phenoxy) is 2. The summed E-state index contributed by atoms with van der Waals surface area (Å²) in [5, 5.41) is 1.15. The Morgan fingerprint density at radius 2 is 1.59 bits per heavy atom. The Morgan fingerprint density at radius 3 is 2.38 bits per heavy atom. The van der Waals surface area contributed by atoms with Gasteiger partial charge in [-0.25, -0.2) is 0 Å². The molecule has 3 aromatic carbocycles. The first-order valence-electron chi connectivity index (χ1n) is 9.33. The van der Waals surface area contributed by atoms with Gasteiger partial charge in [-0.3, -0.25) is 4.98 Å². The lowest BCUT2D eigenvalue weighted by Gasteiger charge is -2.24. The molecule has 0 saturated heterocycles. The molecule has 0 aliphatic rings. The van der Waals surface area contributed by atoms with Gasteiger partial charge in [0.05, 0.1) is 26.3 Å². The van der Waals surface area contributed by atoms with Gasteiger partial charge in [0.1, 0.15) is 0 Å². The molecular formula is C24H22N2O2S. The Morgan fingerprint density at radius 1 is 0.828 bits per heavy atom. The Balaban J connectivity index is 1.65. The summed E-state index contributed by atoms with van der Waals surface area (Å²) in [6.45, 7) is 0.723. The number of benzene rings is 3. The first kappa shape index (κ1) is 19.2. The van der Waals surface area contributed by atoms with Crippen LogP contribution in [0.5, 0.6) is 11.5 Å². The number of fused-ring (bicyclic) bond motifs is 1. The highest BCUT2D eigenvalue weighted by atomic mass is 32.2. The summed E-state index contributed by atoms with van der Waals surface area (Å²) in [6.07, 6.45) is 1.95. The second-order valence-electron chi connectivity index (χ2n) is 6.52. The molecule has 0 aliphatic heterocycles. The van der Waals surface area contributed by atoms with Crippen molar-refractivity contribution in [1.29, 1.82) is 0 Å². The van der Waals surface area contributed by atoms with E-state index in [4.69, 9.17) is 9.47 Å². The highest BCUT2D eigenvalue weighted by Gasteiger charge is 2.13. The molecule has 0 atom stereocenters. The molecule has 0 unspecified atom stereocenters. The largest absolute Gasteiger partial charge is 0.493 e. The monoisotopic (exact) mass is 402 g/mol. The molecule has 0 amide bonds. The number of aromatic nitrogens is 1. The van der Waals surface area contributed by atoms with E-state index in [1.807, 2.05) is 48.7 Å². The second-order valence-corrected chi connectivity index (χ2v) is 7.61. The van der Waals surface area contributed by atoms with Gasteiger partial charge in [0.25, 0.3) is 0 Å². The maximum absolute atomic E-state index is 5.46. The zero-order valence-corrected chi connectivity index (χ0v) is 17.2. The predicted octanol–water partition coefficient (Wildman–Crippen LogP) is 5.97. The van der Waals surface area contributed by atoms with E-state index >= 15 is 0 Å². The summed E-state index contributed by atoms with van der Waals surface area (Å²) in [4.78, 5) is 5.68. The Bertz CT molecular complexity index is 1100. The van der Waals surface area contributed by atoms with Gasteiger partial charge in [0.15, 0.2) is 11.5 Å². The molecule has 0 radical (unpaired) electrons. The van der Waals surface area contributed by atoms with Gasteiger partial charge in [-0.2, -0.15) is 0 Å². The molecule has 1 aromatic heterocycles. The smallest absolute Gasteiger partial charge is 0.161 e. The Kier molecular flexibility index (Phi) is 5.86. The van der Waals surface area contributed by atoms with Gasteiger partial charge < -0.3 is 13.8 Å². The molecule has 1 heterocycles. The number of hydrogen-bond acceptors (Lipinski definition) is 5. The molecule has 0 N–H and O–H groups in total. The van der Waals surface area contributed by atoms with Crippen LogP contribution in [0.2, 0.25) is 0 Å². The third-order valence-corrected chi connectivity index (χ3v) is 5.61. The zero-order chi connectivity index (χ0) is 20.1. The second kappa shape index (κ2) is 8.88. The maximum Gasteiger partial charge on any atom is 0.161 e. The molecule has 4 aromatic rings. The topological polar surface area (TPSA) is 34.6 Å². The van der Waals surface area contributed by atoms with Crippen LogP contribution in [-0.4, -0.2) is 19.2 Å². The van der Waals surface area contributed by atoms with Crippen LogP contribution in [0.4, 0.5) is 5.69 Å². The summed E-state index contributed by atoms with van der Waals surface area (Å²) in [7, 11) is 3.30. The van der Waals surface area contributed by atoms with Crippen molar-refractivity contribution in [3.05, 3.63) is 90.6 Å². The molecule has 5 heteroatoms. The molecule has 0 bridgehead atoms. The predicted molar refractivity (Wildman–Crippen MR) is 120 cm³/mol. The first-order valence-corrected chi connectivity index (χ1v) is 10.1. The van der Waals surface area contributed by atoms with Crippen LogP contribution in [0.1, 0.15) is 5.56 Å². The highest BCUT2D eigenvalue weighted by Crippen LogP contribution is 2.36. The number of anilines is 1. The standard InChI is InChI=1S/C24H22N2O2S/c1-27-23-13-12-21(15-24(23)28-2)29-26(20-9-4-3-5-10-20)17-18-14-19-8-6-7-11-22(19)25-16-18/h3-16H,17H2,1-2H3. The normalized spacial score (nSPS) is 10.7. The number of para-hydroxylation sites is 2. The van der Waals surface area contributed by atoms with Crippen molar-refractivity contribution < 1.29 is 9.47 Å². The summed E-state index contributed by atoms with van der Waals surface area (Å²) in [5.74, 6) is 1.44. The third-order valence-electron chi connectivity index (χ3n) is 4.59. The number of hydrogen-bond donors (Lipinski definition) is 0. The van der Waals surface area contributed by atoms with Crippen LogP contribution in [0, 0.1) is 0 Å². The first-order chi connectivity index (χ1) is 14.3. The lowest BCUT2D eigenvalue weighted by Crippen LogP contribution is -2.14. The molecule has 0 fully saturated rings. The molecule has 4 nitrogen and oxygen atoms in total. The van der Waals surface area contributed by atoms with E-state index < -0.39 is 0 Å². The van der Waals surface area contributed by atoms with Crippen LogP contribution in [0.25, 0.3) is 10.9 Å². The van der Waals surface area contributed by atoms with Crippen LogP contribution in [0.15, 0.2) is 90.0 Å². The molecule has 0 aliphatic carbocycles. The van der Waals surface area contributed by atoms with Gasteiger partial charge in [-0.05, 0) is 60.0 Å². The van der Waals surface area contributed by atoms with E-state index in [2.05, 4.69) is 45.7 Å². The van der Waals surface area contributed by atoms with E-state index in [-0.39, 0.29) is 0 Å². The number of methoxy groups -OCH3 is 2. The minimum absolute atomic E-state index is 0.720. The lowest BCUT2D eigenvalue weighted by atomic mass is 10.1. The van der Waals surface area contributed by atoms with Crippen LogP contribution >= 0.6 is 11.9 Å². The van der Waals surface area contributed by atoms with Gasteiger partial charge in [-0.1, -0.05) is 36.4 Å². The number of nitrogens with zero attached hydrogens (tertiary/aromatic N) is 2. The lowest BCUT2D eigenvalue weighted by molar-refractivity contribution is 0.354. The number of rotatable bonds is 7. The summed E-state index contributed by atoms with van der Waals surface area (Å²) < 4.78 is 13.1. The van der Waals surface area contributed by atoms with Gasteiger partial charge >= 0.3 is 0 Å². The van der Waals surface area contributed by atoms with Crippen molar-refractivity contribution in [3.63, 3.8) is 0 Å². The Hall–Kier alpha value is -3.18. The zero-order valence-electron chi connectivity index (χ0n) is 16.4. The highest BCUT2D eigenvalue weighted by molar-refractivity contribution is 8.00. The average Bonchev–Trinajstić information content (AvgIpc) is 2.79.